The quantitative estimate of drug-likeness (QED) is 0.0345. The normalized spacial score (nSPS) is 24.0. The molecule has 3 fully saturated rings. The Morgan fingerprint density at radius 3 is 1.71 bits per heavy atom. The summed E-state index contributed by atoms with van der Waals surface area (Å²) < 4.78 is 45.1. The van der Waals surface area contributed by atoms with Crippen LogP contribution in [0.15, 0.2) is 128 Å². The van der Waals surface area contributed by atoms with E-state index in [9.17, 15) is 63.2 Å². The van der Waals surface area contributed by atoms with E-state index in [0.717, 1.165) is 24.5 Å². The summed E-state index contributed by atoms with van der Waals surface area (Å²) in [6, 6.07) is 7.47. The molecule has 3 aliphatic rings. The number of aromatic nitrogens is 1. The lowest BCUT2D eigenvalue weighted by atomic mass is 9.98. The molecule has 0 unspecified atom stereocenters. The first-order chi connectivity index (χ1) is 63.7. The number of carbonyl (C=O) groups is 17. The van der Waals surface area contributed by atoms with Crippen molar-refractivity contribution in [2.75, 3.05) is 58.8 Å². The van der Waals surface area contributed by atoms with Gasteiger partial charge in [-0.3, -0.25) is 81.5 Å². The number of aliphatic hydroxyl groups excluding tert-OH is 1. The number of nitrogens with zero attached hydrogens (tertiary/aromatic N) is 5. The molecule has 14 atom stereocenters. The molecule has 3 aliphatic heterocycles. The smallest absolute Gasteiger partial charge is 0.305 e. The number of thioether (sulfide) groups is 1. The summed E-state index contributed by atoms with van der Waals surface area (Å²) in [5, 5.41) is 65.9. The average Bonchev–Trinajstić information content (AvgIpc) is 1.58. The number of aromatic amines is 1. The van der Waals surface area contributed by atoms with E-state index in [1.54, 1.807) is 98.0 Å². The van der Waals surface area contributed by atoms with E-state index in [1.165, 1.54) is 59.3 Å². The van der Waals surface area contributed by atoms with E-state index in [0.29, 0.717) is 63.5 Å². The Labute approximate surface area is 774 Å². The molecule has 4 heterocycles. The van der Waals surface area contributed by atoms with Crippen molar-refractivity contribution in [2.45, 2.75) is 208 Å². The molecule has 1 aromatic heterocycles. The van der Waals surface area contributed by atoms with Gasteiger partial charge in [0, 0.05) is 102 Å². The Kier molecular flexibility index (Phi) is 38.3. The van der Waals surface area contributed by atoms with Gasteiger partial charge in [-0.05, 0) is 109 Å². The molecule has 6 aromatic rings. The Hall–Kier alpha value is -13.5. The van der Waals surface area contributed by atoms with E-state index >= 15 is 51.9 Å². The molecule has 9 rings (SSSR count). The second-order valence-corrected chi connectivity index (χ2v) is 34.9. The fraction of sp³-hybridized carbons (Fsp3) is 0.467. The van der Waals surface area contributed by atoms with Gasteiger partial charge in [-0.2, -0.15) is 0 Å². The van der Waals surface area contributed by atoms with Gasteiger partial charge in [-0.15, -0.1) is 11.8 Å². The number of benzene rings is 5. The number of halogens is 3. The number of amides is 15. The Bertz CT molecular complexity index is 5210. The van der Waals surface area contributed by atoms with Gasteiger partial charge in [0.05, 0.1) is 24.8 Å². The number of H-pyrrole nitrogens is 1. The van der Waals surface area contributed by atoms with Gasteiger partial charge in [0.2, 0.25) is 88.6 Å². The summed E-state index contributed by atoms with van der Waals surface area (Å²) in [4.78, 5) is 258. The molecule has 134 heavy (non-hydrogen) atoms. The zero-order chi connectivity index (χ0) is 97.9. The highest BCUT2D eigenvalue weighted by Gasteiger charge is 2.47. The van der Waals surface area contributed by atoms with Crippen LogP contribution in [-0.4, -0.2) is 294 Å². The number of fused-ring (bicyclic) bond motifs is 3. The number of hydrogen-bond donors (Lipinski definition) is 16. The number of carboxylic acids is 2. The first-order valence-electron chi connectivity index (χ1n) is 44.1. The number of carbonyl (C=O) groups excluding carboxylic acids is 15. The minimum Gasteiger partial charge on any atom is -0.508 e. The standard InChI is InChI=1S/C92H116F3N17O21S/c1-7-8-26-70-91(132)111-35-18-27-69(111)85(126)105-66(44-77(119)120)84(125)107-79(50(2)3)92(133)109(5)71(40-51-19-11-9-12-20-51)86(127)102-63(32-33-76(117)118)89(130)112-47-57(114)43-72(112)87(128)104-65(42-55-45-98-61-24-16-15-23-58(55)61)83(124)103-64(38-53-28-30-56(113)31-29-53)82(123)101-62(25-17-34-96)81(122)106-68(80(121)99-46-74(97)115)48-134-49-75(116)100-67(39-54-36-59(93)78(95)60(94)37-54)88(129)110(6)73(90(131)108(70)4)41-52-21-13-10-14-22-52/h9-16,19-24,28-31,36-37,45,50,57,62-73,79,98,113-114H,7-8,17-18,25-27,32-35,38-44,46-49,96H2,1-6H3,(H2,97,115)(H,99,121)(H,100,116)(H,101,123)(H,102,127)(H,103,124)(H,104,128)(H,105,126)(H,106,122)(H,107,125)(H,117,118)(H,119,120)/t57-,62-,63+,64-,65-,66-,67-,68-,69+,70-,71+,72+,73-,79-/m0/s1. The number of rotatable bonds is 25. The monoisotopic (exact) mass is 1880 g/mol. The number of nitrogens with two attached hydrogens (primary N) is 2. The van der Waals surface area contributed by atoms with Crippen molar-refractivity contribution in [1.29, 1.82) is 0 Å². The number of aliphatic carboxylic acids is 2. The summed E-state index contributed by atoms with van der Waals surface area (Å²) >= 11 is 0.639. The highest BCUT2D eigenvalue weighted by Crippen LogP contribution is 2.29. The van der Waals surface area contributed by atoms with Gasteiger partial charge < -0.3 is 109 Å². The van der Waals surface area contributed by atoms with Crippen LogP contribution >= 0.6 is 11.8 Å². The third-order valence-corrected chi connectivity index (χ3v) is 24.7. The second-order valence-electron chi connectivity index (χ2n) is 33.9. The number of phenolic OH excluding ortho intramolecular Hbond substituents is 1. The minimum absolute atomic E-state index is 0.000568. The van der Waals surface area contributed by atoms with Gasteiger partial charge in [0.15, 0.2) is 17.5 Å². The average molecular weight is 1890 g/mol. The zero-order valence-electron chi connectivity index (χ0n) is 75.0. The van der Waals surface area contributed by atoms with Gasteiger partial charge in [-0.25, -0.2) is 13.2 Å². The number of unbranched alkanes of at least 4 members (excludes halogenated alkanes) is 1. The Morgan fingerprint density at radius 1 is 0.537 bits per heavy atom. The van der Waals surface area contributed by atoms with E-state index in [-0.39, 0.29) is 82.2 Å². The lowest BCUT2D eigenvalue weighted by Gasteiger charge is -2.38. The van der Waals surface area contributed by atoms with Crippen molar-refractivity contribution in [3.63, 3.8) is 0 Å². The highest BCUT2D eigenvalue weighted by molar-refractivity contribution is 8.00. The van der Waals surface area contributed by atoms with Crippen LogP contribution in [0.4, 0.5) is 13.2 Å². The maximum atomic E-state index is 15.7. The third kappa shape index (κ3) is 28.8. The molecule has 42 heteroatoms. The molecule has 722 valence electrons. The number of phenols is 1. The number of aromatic hydroxyl groups is 1. The zero-order valence-corrected chi connectivity index (χ0v) is 75.8. The molecule has 0 saturated carbocycles. The first kappa shape index (κ1) is 104. The fourth-order valence-corrected chi connectivity index (χ4v) is 17.2. The number of likely N-dealkylation sites (N-methyl/N-ethyl adjacent to an activating group) is 3. The van der Waals surface area contributed by atoms with E-state index < -0.39 is 272 Å². The minimum atomic E-state index is -1.99. The molecular weight excluding hydrogens is 1770 g/mol. The van der Waals surface area contributed by atoms with Crippen molar-refractivity contribution < 1.29 is 115 Å². The molecular formula is C92H116F3N17O21S. The first-order valence-corrected chi connectivity index (χ1v) is 45.2. The lowest BCUT2D eigenvalue weighted by Crippen LogP contribution is -2.62. The SMILES string of the molecule is CCCC[C@H]1C(=O)N2CCC[C@@H]2C(=O)N[C@@H](CC(=O)O)C(=O)N[C@@H](C(C)C)C(=O)N(C)[C@H](Cc2ccccc2)C(=O)N[C@H](CCC(=O)O)C(=O)N2C[C@@H](O)C[C@@H]2C(=O)N[C@@H](Cc2c[nH]c3ccccc23)C(=O)N[C@@H](Cc2ccc(O)cc2)C(=O)N[C@@H](CCCN)C(=O)N[C@H](C(=O)NCC(N)=O)CSCC(=O)N[C@@H](Cc2cc(F)c(F)c(F)c2)C(=O)N(C)[C@@H](Cc2ccccc2)C(=O)N1C. The van der Waals surface area contributed by atoms with E-state index in [2.05, 4.69) is 52.8 Å². The number of primary amides is 1. The van der Waals surface area contributed by atoms with Crippen LogP contribution in [0, 0.1) is 23.4 Å². The molecule has 15 amide bonds. The summed E-state index contributed by atoms with van der Waals surface area (Å²) in [6.07, 6.45) is -4.80. The van der Waals surface area contributed by atoms with E-state index in [1.807, 2.05) is 0 Å². The van der Waals surface area contributed by atoms with Crippen molar-refractivity contribution in [2.24, 2.45) is 17.4 Å². The topological polar surface area (TPSA) is 563 Å². The fourth-order valence-electron chi connectivity index (χ4n) is 16.4. The predicted molar refractivity (Wildman–Crippen MR) is 481 cm³/mol. The summed E-state index contributed by atoms with van der Waals surface area (Å²) in [7, 11) is 3.64. The largest absolute Gasteiger partial charge is 0.508 e. The van der Waals surface area contributed by atoms with Gasteiger partial charge in [-0.1, -0.05) is 125 Å². The number of hydrogen-bond acceptors (Lipinski definition) is 21. The summed E-state index contributed by atoms with van der Waals surface area (Å²) in [5.74, 6) is -26.4. The lowest BCUT2D eigenvalue weighted by molar-refractivity contribution is -0.152. The third-order valence-electron chi connectivity index (χ3n) is 23.7. The van der Waals surface area contributed by atoms with Gasteiger partial charge >= 0.3 is 11.9 Å². The summed E-state index contributed by atoms with van der Waals surface area (Å²) in [5.41, 5.74) is 13.2. The molecule has 0 aliphatic carbocycles. The van der Waals surface area contributed by atoms with Crippen LogP contribution in [0.25, 0.3) is 10.9 Å². The van der Waals surface area contributed by atoms with E-state index in [4.69, 9.17) is 11.5 Å². The van der Waals surface area contributed by atoms with Crippen LogP contribution in [0.5, 0.6) is 5.75 Å². The van der Waals surface area contributed by atoms with Crippen LogP contribution in [-0.2, 0) is 114 Å². The molecule has 5 aromatic carbocycles. The Morgan fingerprint density at radius 2 is 1.09 bits per heavy atom. The highest BCUT2D eigenvalue weighted by atomic mass is 32.2. The molecule has 0 bridgehead atoms. The van der Waals surface area contributed by atoms with Crippen LogP contribution < -0.4 is 59.3 Å². The second kappa shape index (κ2) is 49.3. The van der Waals surface area contributed by atoms with Crippen molar-refractivity contribution in [1.82, 2.24) is 77.3 Å². The molecule has 38 nitrogen and oxygen atoms in total. The van der Waals surface area contributed by atoms with Crippen molar-refractivity contribution >= 4 is 123 Å². The number of para-hydroxylation sites is 1. The molecule has 0 radical (unpaired) electrons. The molecule has 18 N–H and O–H groups in total. The van der Waals surface area contributed by atoms with Crippen LogP contribution in [0.3, 0.4) is 0 Å². The number of nitrogens with one attached hydrogen (secondary N) is 10. The summed E-state index contributed by atoms with van der Waals surface area (Å²) in [6.45, 7) is 3.16. The maximum Gasteiger partial charge on any atom is 0.305 e. The Balaban J connectivity index is 1.14. The van der Waals surface area contributed by atoms with Gasteiger partial charge in [0.25, 0.3) is 0 Å². The number of aliphatic hydroxyl groups is 1. The van der Waals surface area contributed by atoms with Gasteiger partial charge in [0.1, 0.15) is 84.3 Å². The number of carboxylic acid groups (broad SMARTS) is 2. The van der Waals surface area contributed by atoms with Crippen molar-refractivity contribution in [3.05, 3.63) is 173 Å². The van der Waals surface area contributed by atoms with Crippen LogP contribution in [0.2, 0.25) is 0 Å². The maximum absolute atomic E-state index is 15.7. The molecule has 3 saturated heterocycles. The van der Waals surface area contributed by atoms with Crippen molar-refractivity contribution in [3.8, 4) is 5.75 Å². The predicted octanol–water partition coefficient (Wildman–Crippen LogP) is 0.389. The van der Waals surface area contributed by atoms with Crippen LogP contribution in [0.1, 0.15) is 119 Å². The molecule has 0 spiro atoms.